The average molecular weight is 212 g/mol. The summed E-state index contributed by atoms with van der Waals surface area (Å²) in [4.78, 5) is 14.2. The van der Waals surface area contributed by atoms with Gasteiger partial charge < -0.3 is 10.2 Å². The van der Waals surface area contributed by atoms with Gasteiger partial charge in [0.05, 0.1) is 0 Å². The van der Waals surface area contributed by atoms with E-state index in [-0.39, 0.29) is 5.41 Å². The number of nitrogens with zero attached hydrogens (tertiary/aromatic N) is 1. The Balaban J connectivity index is 2.56. The van der Waals surface area contributed by atoms with Gasteiger partial charge in [-0.25, -0.2) is 0 Å². The smallest absolute Gasteiger partial charge is 0.228 e. The van der Waals surface area contributed by atoms with Gasteiger partial charge in [-0.2, -0.15) is 0 Å². The van der Waals surface area contributed by atoms with Gasteiger partial charge in [-0.15, -0.1) is 0 Å². The van der Waals surface area contributed by atoms with E-state index in [1.165, 1.54) is 12.8 Å². The molecule has 15 heavy (non-hydrogen) atoms. The number of carbonyl (C=O) groups is 1. The largest absolute Gasteiger partial charge is 0.344 e. The highest BCUT2D eigenvalue weighted by Gasteiger charge is 2.40. The molecule has 3 heteroatoms. The van der Waals surface area contributed by atoms with Crippen LogP contribution in [0.3, 0.4) is 0 Å². The van der Waals surface area contributed by atoms with E-state index < -0.39 is 0 Å². The Bertz CT molecular complexity index is 210. The summed E-state index contributed by atoms with van der Waals surface area (Å²) in [6.07, 6.45) is 5.62. The molecule has 0 spiro atoms. The van der Waals surface area contributed by atoms with E-state index in [0.29, 0.717) is 5.91 Å². The quantitative estimate of drug-likeness (QED) is 0.751. The summed E-state index contributed by atoms with van der Waals surface area (Å²) >= 11 is 0. The summed E-state index contributed by atoms with van der Waals surface area (Å²) in [7, 11) is 3.85. The summed E-state index contributed by atoms with van der Waals surface area (Å²) in [5, 5.41) is 3.08. The highest BCUT2D eigenvalue weighted by atomic mass is 16.2. The highest BCUT2D eigenvalue weighted by molar-refractivity contribution is 5.82. The third kappa shape index (κ3) is 2.71. The standard InChI is InChI=1S/C12H24N2O/c1-4-12(7-5-6-8-12)11(15)14(3)10-9-13-2/h13H,4-10H2,1-3H3. The first kappa shape index (κ1) is 12.5. The van der Waals surface area contributed by atoms with Crippen molar-refractivity contribution < 1.29 is 4.79 Å². The van der Waals surface area contributed by atoms with E-state index in [0.717, 1.165) is 32.4 Å². The fraction of sp³-hybridized carbons (Fsp3) is 0.917. The van der Waals surface area contributed by atoms with E-state index in [1.54, 1.807) is 0 Å². The number of rotatable bonds is 5. The molecule has 1 aliphatic carbocycles. The zero-order valence-corrected chi connectivity index (χ0v) is 10.3. The second-order valence-corrected chi connectivity index (χ2v) is 4.67. The van der Waals surface area contributed by atoms with E-state index >= 15 is 0 Å². The average Bonchev–Trinajstić information content (AvgIpc) is 2.74. The molecule has 0 heterocycles. The molecule has 0 radical (unpaired) electrons. The first-order chi connectivity index (χ1) is 7.16. The topological polar surface area (TPSA) is 32.3 Å². The van der Waals surface area contributed by atoms with Crippen LogP contribution in [0.4, 0.5) is 0 Å². The molecule has 3 nitrogen and oxygen atoms in total. The molecular weight excluding hydrogens is 188 g/mol. The Morgan fingerprint density at radius 3 is 2.47 bits per heavy atom. The number of amides is 1. The summed E-state index contributed by atoms with van der Waals surface area (Å²) in [6, 6.07) is 0. The van der Waals surface area contributed by atoms with Crippen LogP contribution in [-0.4, -0.2) is 38.0 Å². The van der Waals surface area contributed by atoms with Gasteiger partial charge >= 0.3 is 0 Å². The molecule has 1 fully saturated rings. The van der Waals surface area contributed by atoms with Crippen molar-refractivity contribution in [2.24, 2.45) is 5.41 Å². The van der Waals surface area contributed by atoms with Crippen LogP contribution < -0.4 is 5.32 Å². The lowest BCUT2D eigenvalue weighted by molar-refractivity contribution is -0.140. The van der Waals surface area contributed by atoms with E-state index in [1.807, 2.05) is 19.0 Å². The molecule has 0 aliphatic heterocycles. The fourth-order valence-electron chi connectivity index (χ4n) is 2.56. The lowest BCUT2D eigenvalue weighted by Crippen LogP contribution is -2.42. The minimum Gasteiger partial charge on any atom is -0.344 e. The van der Waals surface area contributed by atoms with Gasteiger partial charge in [-0.3, -0.25) is 4.79 Å². The molecule has 0 aromatic heterocycles. The minimum atomic E-state index is -0.0253. The fourth-order valence-corrected chi connectivity index (χ4v) is 2.56. The van der Waals surface area contributed by atoms with Gasteiger partial charge in [-0.05, 0) is 26.3 Å². The summed E-state index contributed by atoms with van der Waals surface area (Å²) < 4.78 is 0. The van der Waals surface area contributed by atoms with Crippen LogP contribution in [0.5, 0.6) is 0 Å². The van der Waals surface area contributed by atoms with Crippen molar-refractivity contribution in [2.45, 2.75) is 39.0 Å². The van der Waals surface area contributed by atoms with E-state index in [4.69, 9.17) is 0 Å². The summed E-state index contributed by atoms with van der Waals surface area (Å²) in [5.41, 5.74) is -0.0253. The molecule has 88 valence electrons. The normalized spacial score (nSPS) is 19.1. The van der Waals surface area contributed by atoms with Gasteiger partial charge in [-0.1, -0.05) is 19.8 Å². The van der Waals surface area contributed by atoms with Gasteiger partial charge in [0.2, 0.25) is 5.91 Å². The predicted octanol–water partition coefficient (Wildman–Crippen LogP) is 1.63. The molecule has 1 saturated carbocycles. The van der Waals surface area contributed by atoms with Crippen LogP contribution in [0.2, 0.25) is 0 Å². The Kier molecular flexibility index (Phi) is 4.58. The first-order valence-corrected chi connectivity index (χ1v) is 6.06. The van der Waals surface area contributed by atoms with Crippen LogP contribution >= 0.6 is 0 Å². The third-order valence-corrected chi connectivity index (χ3v) is 3.74. The second kappa shape index (κ2) is 5.50. The molecule has 1 amide bonds. The first-order valence-electron chi connectivity index (χ1n) is 6.06. The number of hydrogen-bond acceptors (Lipinski definition) is 2. The van der Waals surface area contributed by atoms with Crippen LogP contribution in [0, 0.1) is 5.41 Å². The Labute approximate surface area is 93.2 Å². The number of nitrogens with one attached hydrogen (secondary N) is 1. The lowest BCUT2D eigenvalue weighted by Gasteiger charge is -2.31. The summed E-state index contributed by atoms with van der Waals surface area (Å²) in [5.74, 6) is 0.359. The molecule has 0 aromatic rings. The summed E-state index contributed by atoms with van der Waals surface area (Å²) in [6.45, 7) is 3.84. The maximum absolute atomic E-state index is 12.3. The molecule has 0 bridgehead atoms. The maximum Gasteiger partial charge on any atom is 0.228 e. The predicted molar refractivity (Wildman–Crippen MR) is 62.8 cm³/mol. The lowest BCUT2D eigenvalue weighted by atomic mass is 9.82. The van der Waals surface area contributed by atoms with Crippen LogP contribution in [0.1, 0.15) is 39.0 Å². The number of likely N-dealkylation sites (N-methyl/N-ethyl adjacent to an activating group) is 2. The van der Waals surface area contributed by atoms with Gasteiger partial charge in [0.15, 0.2) is 0 Å². The molecule has 0 unspecified atom stereocenters. The minimum absolute atomic E-state index is 0.0253. The molecule has 1 N–H and O–H groups in total. The Morgan fingerprint density at radius 2 is 2.00 bits per heavy atom. The molecule has 0 saturated heterocycles. The SMILES string of the molecule is CCC1(C(=O)N(C)CCNC)CCCC1. The number of carbonyl (C=O) groups excluding carboxylic acids is 1. The number of hydrogen-bond donors (Lipinski definition) is 1. The maximum atomic E-state index is 12.3. The van der Waals surface area contributed by atoms with Gasteiger partial charge in [0.25, 0.3) is 0 Å². The van der Waals surface area contributed by atoms with Crippen molar-refractivity contribution >= 4 is 5.91 Å². The van der Waals surface area contributed by atoms with Gasteiger partial charge in [0.1, 0.15) is 0 Å². The van der Waals surface area contributed by atoms with Crippen LogP contribution in [0.25, 0.3) is 0 Å². The van der Waals surface area contributed by atoms with Crippen molar-refractivity contribution in [3.8, 4) is 0 Å². The zero-order chi connectivity index (χ0) is 11.3. The molecule has 1 aliphatic rings. The molecule has 0 aromatic carbocycles. The molecule has 1 rings (SSSR count). The molecular formula is C12H24N2O. The second-order valence-electron chi connectivity index (χ2n) is 4.67. The zero-order valence-electron chi connectivity index (χ0n) is 10.3. The van der Waals surface area contributed by atoms with E-state index in [9.17, 15) is 4.79 Å². The molecule has 0 atom stereocenters. The Hall–Kier alpha value is -0.570. The van der Waals surface area contributed by atoms with E-state index in [2.05, 4.69) is 12.2 Å². The Morgan fingerprint density at radius 1 is 1.40 bits per heavy atom. The van der Waals surface area contributed by atoms with Crippen molar-refractivity contribution in [3.63, 3.8) is 0 Å². The van der Waals surface area contributed by atoms with Crippen molar-refractivity contribution in [3.05, 3.63) is 0 Å². The monoisotopic (exact) mass is 212 g/mol. The van der Waals surface area contributed by atoms with Crippen LogP contribution in [0.15, 0.2) is 0 Å². The highest BCUT2D eigenvalue weighted by Crippen LogP contribution is 2.42. The van der Waals surface area contributed by atoms with Gasteiger partial charge in [0, 0.05) is 25.6 Å². The van der Waals surface area contributed by atoms with Crippen molar-refractivity contribution in [1.82, 2.24) is 10.2 Å². The van der Waals surface area contributed by atoms with Crippen molar-refractivity contribution in [2.75, 3.05) is 27.2 Å². The van der Waals surface area contributed by atoms with Crippen molar-refractivity contribution in [1.29, 1.82) is 0 Å². The van der Waals surface area contributed by atoms with Crippen LogP contribution in [-0.2, 0) is 4.79 Å². The third-order valence-electron chi connectivity index (χ3n) is 3.74.